The Hall–Kier alpha value is -3.27. The van der Waals surface area contributed by atoms with E-state index in [1.54, 1.807) is 6.92 Å². The van der Waals surface area contributed by atoms with Gasteiger partial charge in [-0.2, -0.15) is 0 Å². The maximum Gasteiger partial charge on any atom is 0.280 e. The molecular formula is C25H26N4O5S. The summed E-state index contributed by atoms with van der Waals surface area (Å²) in [6.07, 6.45) is 7.81. The fourth-order valence-corrected chi connectivity index (χ4v) is 7.54. The van der Waals surface area contributed by atoms with Gasteiger partial charge in [-0.15, -0.1) is 11.3 Å². The minimum atomic E-state index is -0.469. The molecule has 4 saturated carbocycles. The molecule has 2 heterocycles. The number of thiazole rings is 1. The van der Waals surface area contributed by atoms with Gasteiger partial charge in [0.25, 0.3) is 11.6 Å². The van der Waals surface area contributed by atoms with E-state index in [0.29, 0.717) is 22.2 Å². The molecule has 10 heteroatoms. The number of ether oxygens (including phenoxy) is 1. The molecule has 0 spiro atoms. The summed E-state index contributed by atoms with van der Waals surface area (Å²) in [5.41, 5.74) is 1.97. The molecular weight excluding hydrogens is 468 g/mol. The normalized spacial score (nSPS) is 26.6. The highest BCUT2D eigenvalue weighted by Gasteiger charge is 2.52. The molecule has 4 bridgehead atoms. The van der Waals surface area contributed by atoms with Crippen LogP contribution in [-0.2, 0) is 12.0 Å². The fraction of sp³-hybridized carbons (Fsp3) is 0.480. The van der Waals surface area contributed by atoms with E-state index in [1.165, 1.54) is 74.1 Å². The molecule has 9 nitrogen and oxygen atoms in total. The number of hydrogen-bond acceptors (Lipinski definition) is 8. The molecule has 35 heavy (non-hydrogen) atoms. The standard InChI is InChI=1S/C25H26N4O5S/c1-14-20(12-33-19-4-2-18(3-5-19)29(31)32)22(28-34-14)23(30)27-24-26-21(13-35-24)25-9-15-6-16(10-25)8-17(7-15)11-25/h2-5,13,15-17H,6-12H2,1H3,(H,26,27,30). The van der Waals surface area contributed by atoms with Crippen molar-refractivity contribution >= 4 is 28.1 Å². The molecule has 7 rings (SSSR count). The summed E-state index contributed by atoms with van der Waals surface area (Å²) in [5.74, 6) is 3.02. The van der Waals surface area contributed by atoms with Gasteiger partial charge in [-0.05, 0) is 75.3 Å². The van der Waals surface area contributed by atoms with E-state index in [2.05, 4.69) is 15.9 Å². The number of nitrogens with zero attached hydrogens (tertiary/aromatic N) is 3. The van der Waals surface area contributed by atoms with Gasteiger partial charge in [0, 0.05) is 22.9 Å². The van der Waals surface area contributed by atoms with E-state index in [-0.39, 0.29) is 23.4 Å². The summed E-state index contributed by atoms with van der Waals surface area (Å²) in [4.78, 5) is 28.3. The van der Waals surface area contributed by atoms with Gasteiger partial charge in [0.15, 0.2) is 10.8 Å². The Bertz CT molecular complexity index is 1250. The zero-order valence-electron chi connectivity index (χ0n) is 19.4. The van der Waals surface area contributed by atoms with E-state index in [1.807, 2.05) is 0 Å². The van der Waals surface area contributed by atoms with Crippen molar-refractivity contribution in [1.82, 2.24) is 10.1 Å². The molecule has 4 aliphatic carbocycles. The van der Waals surface area contributed by atoms with E-state index in [4.69, 9.17) is 14.2 Å². The molecule has 3 aromatic rings. The third-order valence-electron chi connectivity index (χ3n) is 7.94. The van der Waals surface area contributed by atoms with Crippen LogP contribution in [0.5, 0.6) is 5.75 Å². The summed E-state index contributed by atoms with van der Waals surface area (Å²) >= 11 is 1.46. The highest BCUT2D eigenvalue weighted by atomic mass is 32.1. The largest absolute Gasteiger partial charge is 0.489 e. The molecule has 0 aliphatic heterocycles. The average Bonchev–Trinajstić information content (AvgIpc) is 3.44. The second-order valence-electron chi connectivity index (χ2n) is 10.3. The van der Waals surface area contributed by atoms with Crippen LogP contribution in [0, 0.1) is 34.8 Å². The van der Waals surface area contributed by atoms with Crippen molar-refractivity contribution in [3.63, 3.8) is 0 Å². The number of non-ortho nitro benzene ring substituents is 1. The van der Waals surface area contributed by atoms with Gasteiger partial charge < -0.3 is 9.26 Å². The number of rotatable bonds is 7. The van der Waals surface area contributed by atoms with Crippen LogP contribution in [0.3, 0.4) is 0 Å². The van der Waals surface area contributed by atoms with Crippen molar-refractivity contribution in [3.05, 3.63) is 62.5 Å². The summed E-state index contributed by atoms with van der Waals surface area (Å²) in [5, 5.41) is 20.4. The molecule has 2 aromatic heterocycles. The smallest absolute Gasteiger partial charge is 0.280 e. The maximum atomic E-state index is 13.0. The van der Waals surface area contributed by atoms with Crippen molar-refractivity contribution in [1.29, 1.82) is 0 Å². The van der Waals surface area contributed by atoms with Crippen LogP contribution in [0.2, 0.25) is 0 Å². The molecule has 182 valence electrons. The predicted molar refractivity (Wildman–Crippen MR) is 129 cm³/mol. The monoisotopic (exact) mass is 494 g/mol. The highest BCUT2D eigenvalue weighted by Crippen LogP contribution is 2.60. The van der Waals surface area contributed by atoms with Crippen molar-refractivity contribution < 1.29 is 19.0 Å². The second kappa shape index (κ2) is 8.44. The molecule has 1 N–H and O–H groups in total. The van der Waals surface area contributed by atoms with Crippen molar-refractivity contribution in [2.24, 2.45) is 17.8 Å². The molecule has 4 aliphatic rings. The molecule has 0 saturated heterocycles. The number of hydrogen-bond donors (Lipinski definition) is 1. The van der Waals surface area contributed by atoms with Gasteiger partial charge in [0.2, 0.25) is 0 Å². The number of anilines is 1. The van der Waals surface area contributed by atoms with E-state index >= 15 is 0 Å². The number of carbonyl (C=O) groups is 1. The van der Waals surface area contributed by atoms with Gasteiger partial charge in [0.1, 0.15) is 18.1 Å². The lowest BCUT2D eigenvalue weighted by atomic mass is 9.49. The third kappa shape index (κ3) is 4.09. The molecule has 0 atom stereocenters. The Balaban J connectivity index is 1.14. The summed E-state index contributed by atoms with van der Waals surface area (Å²) in [6, 6.07) is 5.77. The lowest BCUT2D eigenvalue weighted by Crippen LogP contribution is -2.48. The molecule has 4 fully saturated rings. The Labute approximate surface area is 206 Å². The van der Waals surface area contributed by atoms with Crippen LogP contribution in [0.25, 0.3) is 0 Å². The lowest BCUT2D eigenvalue weighted by molar-refractivity contribution is -0.384. The average molecular weight is 495 g/mol. The van der Waals surface area contributed by atoms with Gasteiger partial charge in [0.05, 0.1) is 16.2 Å². The molecule has 0 radical (unpaired) electrons. The first-order chi connectivity index (χ1) is 16.9. The first-order valence-electron chi connectivity index (χ1n) is 12.0. The van der Waals surface area contributed by atoms with Crippen molar-refractivity contribution in [2.75, 3.05) is 5.32 Å². The van der Waals surface area contributed by atoms with Crippen LogP contribution in [0.4, 0.5) is 10.8 Å². The Morgan fingerprint density at radius 3 is 2.49 bits per heavy atom. The minimum absolute atomic E-state index is 0.0186. The second-order valence-corrected chi connectivity index (χ2v) is 11.2. The first kappa shape index (κ1) is 22.2. The summed E-state index contributed by atoms with van der Waals surface area (Å²) in [6.45, 7) is 1.76. The zero-order chi connectivity index (χ0) is 24.2. The number of aromatic nitrogens is 2. The molecule has 1 aromatic carbocycles. The highest BCUT2D eigenvalue weighted by molar-refractivity contribution is 7.14. The predicted octanol–water partition coefficient (Wildman–Crippen LogP) is 5.65. The quantitative estimate of drug-likeness (QED) is 0.333. The SMILES string of the molecule is Cc1onc(C(=O)Nc2nc(C34CC5CC(CC(C5)C3)C4)cs2)c1COc1ccc([N+](=O)[O-])cc1. The summed E-state index contributed by atoms with van der Waals surface area (Å²) in [7, 11) is 0. The first-order valence-corrected chi connectivity index (χ1v) is 12.9. The van der Waals surface area contributed by atoms with Crippen molar-refractivity contribution in [3.8, 4) is 5.75 Å². The van der Waals surface area contributed by atoms with Crippen LogP contribution < -0.4 is 10.1 Å². The van der Waals surface area contributed by atoms with Gasteiger partial charge >= 0.3 is 0 Å². The van der Waals surface area contributed by atoms with Crippen LogP contribution in [-0.4, -0.2) is 21.0 Å². The van der Waals surface area contributed by atoms with E-state index < -0.39 is 10.8 Å². The number of carbonyl (C=O) groups excluding carboxylic acids is 1. The van der Waals surface area contributed by atoms with Crippen LogP contribution >= 0.6 is 11.3 Å². The number of nitrogens with one attached hydrogen (secondary N) is 1. The Morgan fingerprint density at radius 1 is 1.20 bits per heavy atom. The van der Waals surface area contributed by atoms with Gasteiger partial charge in [-0.1, -0.05) is 5.16 Å². The maximum absolute atomic E-state index is 13.0. The third-order valence-corrected chi connectivity index (χ3v) is 8.69. The fourth-order valence-electron chi connectivity index (χ4n) is 6.71. The van der Waals surface area contributed by atoms with E-state index in [0.717, 1.165) is 23.4 Å². The molecule has 1 amide bonds. The number of amides is 1. The Morgan fingerprint density at radius 2 is 1.86 bits per heavy atom. The topological polar surface area (TPSA) is 120 Å². The Kier molecular flexibility index (Phi) is 5.36. The van der Waals surface area contributed by atoms with Crippen LogP contribution in [0.15, 0.2) is 34.2 Å². The number of benzene rings is 1. The zero-order valence-corrected chi connectivity index (χ0v) is 20.2. The van der Waals surface area contributed by atoms with Crippen LogP contribution in [0.1, 0.15) is 66.0 Å². The van der Waals surface area contributed by atoms with Gasteiger partial charge in [-0.25, -0.2) is 4.98 Å². The van der Waals surface area contributed by atoms with Crippen molar-refractivity contribution in [2.45, 2.75) is 57.5 Å². The minimum Gasteiger partial charge on any atom is -0.489 e. The van der Waals surface area contributed by atoms with Gasteiger partial charge in [-0.3, -0.25) is 20.2 Å². The van der Waals surface area contributed by atoms with E-state index in [9.17, 15) is 14.9 Å². The molecule has 0 unspecified atom stereocenters. The number of nitro groups is 1. The number of aryl methyl sites for hydroxylation is 1. The lowest BCUT2D eigenvalue weighted by Gasteiger charge is -2.56. The summed E-state index contributed by atoms with van der Waals surface area (Å²) < 4.78 is 11.0. The number of nitro benzene ring substituents is 1.